The maximum Gasteiger partial charge on any atom is 0.309 e. The number of nitrogens with zero attached hydrogens (tertiary/aromatic N) is 1. The Morgan fingerprint density at radius 1 is 0.844 bits per heavy atom. The molecule has 0 aliphatic rings. The lowest BCUT2D eigenvalue weighted by molar-refractivity contribution is -0.870. The van der Waals surface area contributed by atoms with E-state index in [-0.39, 0.29) is 25.0 Å². The number of ether oxygens (including phenoxy) is 2. The second-order valence-corrected chi connectivity index (χ2v) is 9.99. The Kier molecular flexibility index (Phi) is 21.1. The molecule has 0 rings (SSSR count). The van der Waals surface area contributed by atoms with Gasteiger partial charge < -0.3 is 19.1 Å². The van der Waals surface area contributed by atoms with Gasteiger partial charge in [-0.2, -0.15) is 0 Å². The van der Waals surface area contributed by atoms with Crippen LogP contribution in [0.4, 0.5) is 0 Å². The Balaban J connectivity index is 0. The first-order valence-electron chi connectivity index (χ1n) is 12.8. The molecule has 0 fully saturated rings. The largest absolute Gasteiger partial charge is 0.465 e. The number of likely N-dealkylation sites (N-methyl/N-ethyl adjacent to an activating group) is 1. The van der Waals surface area contributed by atoms with E-state index in [0.717, 1.165) is 62.4 Å². The Labute approximate surface area is 198 Å². The zero-order valence-corrected chi connectivity index (χ0v) is 22.5. The lowest BCUT2D eigenvalue weighted by atomic mass is 10.0. The van der Waals surface area contributed by atoms with Crippen molar-refractivity contribution in [3.63, 3.8) is 0 Å². The highest BCUT2D eigenvalue weighted by atomic mass is 16.5. The van der Waals surface area contributed by atoms with Crippen LogP contribution < -0.4 is 0 Å². The number of hydrogen-bond acceptors (Lipinski definition) is 5. The molecule has 0 radical (unpaired) electrons. The third-order valence-electron chi connectivity index (χ3n) is 5.67. The van der Waals surface area contributed by atoms with Gasteiger partial charge in [-0.1, -0.05) is 73.1 Å². The van der Waals surface area contributed by atoms with Crippen molar-refractivity contribution in [2.75, 3.05) is 47.5 Å². The molecule has 0 heterocycles. The molecule has 1 N–H and O–H groups in total. The average molecular weight is 461 g/mol. The van der Waals surface area contributed by atoms with Crippen molar-refractivity contribution in [3.8, 4) is 0 Å². The lowest BCUT2D eigenvalue weighted by Crippen LogP contribution is -2.36. The summed E-state index contributed by atoms with van der Waals surface area (Å²) in [5.74, 6) is -0.170. The van der Waals surface area contributed by atoms with Gasteiger partial charge in [0.05, 0.1) is 53.3 Å². The number of aliphatic hydroxyl groups excluding tert-OH is 1. The number of carbonyl (C=O) groups is 2. The zero-order chi connectivity index (χ0) is 25.0. The van der Waals surface area contributed by atoms with Crippen LogP contribution >= 0.6 is 0 Å². The van der Waals surface area contributed by atoms with E-state index < -0.39 is 5.92 Å². The molecule has 0 amide bonds. The standard InChI is InChI=1S/C21H40O4.C5H14NO/c1-6-10-12-18(8-3)15-24-20(22)14-17(5)21(23)25-16-19(9-4)13-11-7-2;1-6(2,3)4-5-7/h17-19H,6-16H2,1-5H3;7H,4-5H2,1-3H3/q;+1. The summed E-state index contributed by atoms with van der Waals surface area (Å²) in [6.45, 7) is 12.4. The molecule has 0 spiro atoms. The molecule has 0 aliphatic carbocycles. The molecule has 3 atom stereocenters. The van der Waals surface area contributed by atoms with Crippen LogP contribution in [0.2, 0.25) is 0 Å². The second-order valence-electron chi connectivity index (χ2n) is 9.99. The first kappa shape index (κ1) is 33.0. The van der Waals surface area contributed by atoms with Gasteiger partial charge in [0.2, 0.25) is 0 Å². The molecule has 0 aliphatic heterocycles. The SMILES string of the molecule is CCCCC(CC)COC(=O)CC(C)C(=O)OCC(CC)CCCC.C[N+](C)(C)CCO. The molecule has 0 aromatic heterocycles. The quantitative estimate of drug-likeness (QED) is 0.238. The number of hydrogen-bond donors (Lipinski definition) is 1. The fourth-order valence-electron chi connectivity index (χ4n) is 3.04. The minimum Gasteiger partial charge on any atom is -0.465 e. The Morgan fingerprint density at radius 3 is 1.66 bits per heavy atom. The molecule has 32 heavy (non-hydrogen) atoms. The van der Waals surface area contributed by atoms with E-state index in [4.69, 9.17) is 14.6 Å². The van der Waals surface area contributed by atoms with E-state index in [1.807, 2.05) is 0 Å². The van der Waals surface area contributed by atoms with Crippen molar-refractivity contribution >= 4 is 11.9 Å². The van der Waals surface area contributed by atoms with E-state index in [1.54, 1.807) is 6.92 Å². The predicted molar refractivity (Wildman–Crippen MR) is 132 cm³/mol. The maximum absolute atomic E-state index is 12.1. The van der Waals surface area contributed by atoms with Gasteiger partial charge in [0.15, 0.2) is 0 Å². The van der Waals surface area contributed by atoms with E-state index in [9.17, 15) is 9.59 Å². The van der Waals surface area contributed by atoms with Crippen LogP contribution in [0.25, 0.3) is 0 Å². The monoisotopic (exact) mass is 460 g/mol. The summed E-state index contributed by atoms with van der Waals surface area (Å²) in [7, 11) is 6.16. The summed E-state index contributed by atoms with van der Waals surface area (Å²) in [6.07, 6.45) is 8.95. The summed E-state index contributed by atoms with van der Waals surface area (Å²) < 4.78 is 11.6. The van der Waals surface area contributed by atoms with Gasteiger partial charge in [-0.15, -0.1) is 0 Å². The summed E-state index contributed by atoms with van der Waals surface area (Å²) in [5, 5.41) is 8.39. The van der Waals surface area contributed by atoms with Crippen molar-refractivity contribution < 1.29 is 28.7 Å². The zero-order valence-electron chi connectivity index (χ0n) is 22.5. The van der Waals surface area contributed by atoms with Crippen molar-refractivity contribution in [1.82, 2.24) is 0 Å². The van der Waals surface area contributed by atoms with Crippen LogP contribution in [-0.4, -0.2) is 69.0 Å². The van der Waals surface area contributed by atoms with Gasteiger partial charge >= 0.3 is 11.9 Å². The van der Waals surface area contributed by atoms with Crippen LogP contribution in [0.3, 0.4) is 0 Å². The molecule has 192 valence electrons. The highest BCUT2D eigenvalue weighted by molar-refractivity contribution is 5.79. The minimum atomic E-state index is -0.438. The smallest absolute Gasteiger partial charge is 0.309 e. The maximum atomic E-state index is 12.1. The van der Waals surface area contributed by atoms with Gasteiger partial charge in [0.1, 0.15) is 6.54 Å². The van der Waals surface area contributed by atoms with E-state index >= 15 is 0 Å². The third-order valence-corrected chi connectivity index (χ3v) is 5.67. The summed E-state index contributed by atoms with van der Waals surface area (Å²) in [5.41, 5.74) is 0. The van der Waals surface area contributed by atoms with Gasteiger partial charge in [0, 0.05) is 0 Å². The van der Waals surface area contributed by atoms with Crippen molar-refractivity contribution in [1.29, 1.82) is 0 Å². The van der Waals surface area contributed by atoms with E-state index in [1.165, 1.54) is 0 Å². The summed E-state index contributed by atoms with van der Waals surface area (Å²) in [6, 6.07) is 0. The molecule has 3 unspecified atom stereocenters. The van der Waals surface area contributed by atoms with Crippen LogP contribution in [-0.2, 0) is 19.1 Å². The number of aliphatic hydroxyl groups is 1. The van der Waals surface area contributed by atoms with Crippen LogP contribution in [0.15, 0.2) is 0 Å². The number of quaternary nitrogens is 1. The van der Waals surface area contributed by atoms with Crippen LogP contribution in [0.5, 0.6) is 0 Å². The fraction of sp³-hybridized carbons (Fsp3) is 0.923. The number of unbranched alkanes of at least 4 members (excludes halogenated alkanes) is 2. The topological polar surface area (TPSA) is 72.8 Å². The molecular weight excluding hydrogens is 406 g/mol. The van der Waals surface area contributed by atoms with Crippen molar-refractivity contribution in [2.45, 2.75) is 92.4 Å². The molecule has 0 saturated heterocycles. The molecule has 0 aromatic rings. The first-order chi connectivity index (χ1) is 15.0. The van der Waals surface area contributed by atoms with Gasteiger partial charge in [0.25, 0.3) is 0 Å². The lowest BCUT2D eigenvalue weighted by Gasteiger charge is -2.21. The first-order valence-corrected chi connectivity index (χ1v) is 12.8. The van der Waals surface area contributed by atoms with Crippen molar-refractivity contribution in [3.05, 3.63) is 0 Å². The Hall–Kier alpha value is -1.14. The molecule has 6 heteroatoms. The van der Waals surface area contributed by atoms with Gasteiger partial charge in [-0.25, -0.2) is 0 Å². The van der Waals surface area contributed by atoms with Crippen molar-refractivity contribution in [2.24, 2.45) is 17.8 Å². The molecule has 6 nitrogen and oxygen atoms in total. The molecule has 0 aromatic carbocycles. The van der Waals surface area contributed by atoms with Gasteiger partial charge in [-0.3, -0.25) is 9.59 Å². The number of carbonyl (C=O) groups excluding carboxylic acids is 2. The highest BCUT2D eigenvalue weighted by Crippen LogP contribution is 2.16. The molecule has 0 saturated carbocycles. The van der Waals surface area contributed by atoms with Crippen LogP contribution in [0.1, 0.15) is 92.4 Å². The molecule has 0 bridgehead atoms. The third kappa shape index (κ3) is 20.7. The molecular formula is C26H54NO5+. The Morgan fingerprint density at radius 2 is 1.31 bits per heavy atom. The summed E-state index contributed by atoms with van der Waals surface area (Å²) in [4.78, 5) is 24.0. The normalized spacial score (nSPS) is 14.0. The predicted octanol–water partition coefficient (Wildman–Crippen LogP) is 5.22. The Bertz CT molecular complexity index is 462. The van der Waals surface area contributed by atoms with Gasteiger partial charge in [-0.05, 0) is 24.7 Å². The van der Waals surface area contributed by atoms with Crippen LogP contribution in [0, 0.1) is 17.8 Å². The fourth-order valence-corrected chi connectivity index (χ4v) is 3.04. The second kappa shape index (κ2) is 20.5. The van der Waals surface area contributed by atoms with E-state index in [0.29, 0.717) is 25.0 Å². The minimum absolute atomic E-state index is 0.106. The number of rotatable bonds is 17. The number of esters is 2. The highest BCUT2D eigenvalue weighted by Gasteiger charge is 2.21. The average Bonchev–Trinajstić information content (AvgIpc) is 2.73. The summed E-state index contributed by atoms with van der Waals surface area (Å²) >= 11 is 0. The van der Waals surface area contributed by atoms with E-state index in [2.05, 4.69) is 48.8 Å².